The predicted octanol–water partition coefficient (Wildman–Crippen LogP) is 2.84. The highest BCUT2D eigenvalue weighted by molar-refractivity contribution is 7.89. The number of ether oxygens (including phenoxy) is 1. The minimum atomic E-state index is -3.55. The summed E-state index contributed by atoms with van der Waals surface area (Å²) in [6.07, 6.45) is 0.645. The zero-order chi connectivity index (χ0) is 15.8. The van der Waals surface area contributed by atoms with Gasteiger partial charge in [0.15, 0.2) is 0 Å². The highest BCUT2D eigenvalue weighted by atomic mass is 35.5. The Morgan fingerprint density at radius 2 is 2.05 bits per heavy atom. The summed E-state index contributed by atoms with van der Waals surface area (Å²) in [5.41, 5.74) is 2.54. The molecule has 0 aromatic heterocycles. The Labute approximate surface area is 132 Å². The number of alkyl halides is 1. The standard InChI is InChI=1S/C15H22ClNO3S/c1-10-7-13(9-16)8-15(11(10)2)21(18,19)17(4)14-5-6-20-12(14)3/h7-8,12,14H,5-6,9H2,1-4H3. The molecule has 2 atom stereocenters. The molecule has 0 N–H and O–H groups in total. The summed E-state index contributed by atoms with van der Waals surface area (Å²) in [4.78, 5) is 0.347. The molecular weight excluding hydrogens is 310 g/mol. The number of sulfonamides is 1. The van der Waals surface area contributed by atoms with Crippen molar-refractivity contribution in [3.05, 3.63) is 28.8 Å². The molecule has 0 bridgehead atoms. The fourth-order valence-corrected chi connectivity index (χ4v) is 4.72. The van der Waals surface area contributed by atoms with Gasteiger partial charge in [0, 0.05) is 19.5 Å². The van der Waals surface area contributed by atoms with Crippen LogP contribution in [0.4, 0.5) is 0 Å². The molecule has 0 saturated carbocycles. The lowest BCUT2D eigenvalue weighted by molar-refractivity contribution is 0.102. The molecule has 4 nitrogen and oxygen atoms in total. The number of rotatable bonds is 4. The van der Waals surface area contributed by atoms with Crippen molar-refractivity contribution in [2.75, 3.05) is 13.7 Å². The van der Waals surface area contributed by atoms with Crippen molar-refractivity contribution in [2.45, 2.75) is 50.1 Å². The number of hydrogen-bond donors (Lipinski definition) is 0. The zero-order valence-electron chi connectivity index (χ0n) is 12.9. The van der Waals surface area contributed by atoms with E-state index >= 15 is 0 Å². The highest BCUT2D eigenvalue weighted by Gasteiger charge is 2.36. The molecule has 1 aromatic carbocycles. The summed E-state index contributed by atoms with van der Waals surface area (Å²) >= 11 is 5.87. The number of halogens is 1. The second-order valence-corrected chi connectivity index (χ2v) is 7.86. The molecule has 21 heavy (non-hydrogen) atoms. The van der Waals surface area contributed by atoms with Crippen LogP contribution in [0.2, 0.25) is 0 Å². The van der Waals surface area contributed by atoms with Crippen LogP contribution >= 0.6 is 11.6 Å². The van der Waals surface area contributed by atoms with E-state index in [1.165, 1.54) is 4.31 Å². The molecule has 0 aliphatic carbocycles. The van der Waals surface area contributed by atoms with Crippen molar-refractivity contribution in [1.82, 2.24) is 4.31 Å². The van der Waals surface area contributed by atoms with E-state index in [0.29, 0.717) is 17.4 Å². The van der Waals surface area contributed by atoms with Crippen molar-refractivity contribution >= 4 is 21.6 Å². The van der Waals surface area contributed by atoms with Crippen LogP contribution in [0.3, 0.4) is 0 Å². The molecule has 0 radical (unpaired) electrons. The summed E-state index contributed by atoms with van der Waals surface area (Å²) in [5.74, 6) is 0.302. The van der Waals surface area contributed by atoms with Crippen molar-refractivity contribution < 1.29 is 13.2 Å². The minimum Gasteiger partial charge on any atom is -0.377 e. The second kappa shape index (κ2) is 6.24. The van der Waals surface area contributed by atoms with Gasteiger partial charge >= 0.3 is 0 Å². The largest absolute Gasteiger partial charge is 0.377 e. The molecule has 0 amide bonds. The molecule has 1 fully saturated rings. The molecule has 1 aliphatic rings. The zero-order valence-corrected chi connectivity index (χ0v) is 14.5. The van der Waals surface area contributed by atoms with Gasteiger partial charge in [0.1, 0.15) is 0 Å². The van der Waals surface area contributed by atoms with E-state index in [1.807, 2.05) is 26.8 Å². The van der Waals surface area contributed by atoms with Crippen molar-refractivity contribution in [3.63, 3.8) is 0 Å². The summed E-state index contributed by atoms with van der Waals surface area (Å²) in [6, 6.07) is 3.50. The van der Waals surface area contributed by atoms with Crippen LogP contribution in [0, 0.1) is 13.8 Å². The first-order valence-corrected chi connectivity index (χ1v) is 9.02. The Morgan fingerprint density at radius 1 is 1.38 bits per heavy atom. The number of benzene rings is 1. The monoisotopic (exact) mass is 331 g/mol. The quantitative estimate of drug-likeness (QED) is 0.797. The van der Waals surface area contributed by atoms with Crippen molar-refractivity contribution in [3.8, 4) is 0 Å². The van der Waals surface area contributed by atoms with Gasteiger partial charge in [0.2, 0.25) is 10.0 Å². The average Bonchev–Trinajstić information content (AvgIpc) is 2.86. The van der Waals surface area contributed by atoms with Crippen LogP contribution in [0.1, 0.15) is 30.0 Å². The first-order valence-electron chi connectivity index (χ1n) is 7.04. The number of aryl methyl sites for hydroxylation is 1. The van der Waals surface area contributed by atoms with E-state index < -0.39 is 10.0 Å². The fraction of sp³-hybridized carbons (Fsp3) is 0.600. The van der Waals surface area contributed by atoms with Crippen molar-refractivity contribution in [1.29, 1.82) is 0 Å². The molecule has 1 aromatic rings. The van der Waals surface area contributed by atoms with Crippen molar-refractivity contribution in [2.24, 2.45) is 0 Å². The second-order valence-electron chi connectivity index (χ2n) is 5.62. The van der Waals surface area contributed by atoms with Gasteiger partial charge < -0.3 is 4.74 Å². The molecule has 2 rings (SSSR count). The lowest BCUT2D eigenvalue weighted by atomic mass is 10.1. The molecule has 0 spiro atoms. The topological polar surface area (TPSA) is 46.6 Å². The average molecular weight is 332 g/mol. The summed E-state index contributed by atoms with van der Waals surface area (Å²) in [7, 11) is -1.91. The number of hydrogen-bond acceptors (Lipinski definition) is 3. The summed E-state index contributed by atoms with van der Waals surface area (Å²) in [6.45, 7) is 6.26. The number of nitrogens with zero attached hydrogens (tertiary/aromatic N) is 1. The molecule has 1 heterocycles. The van der Waals surface area contributed by atoms with Gasteiger partial charge in [-0.1, -0.05) is 6.07 Å². The van der Waals surface area contributed by atoms with Crippen LogP contribution in [-0.2, 0) is 20.6 Å². The molecule has 118 valence electrons. The van der Waals surface area contributed by atoms with Gasteiger partial charge in [-0.25, -0.2) is 8.42 Å². The maximum Gasteiger partial charge on any atom is 0.243 e. The Morgan fingerprint density at radius 3 is 2.57 bits per heavy atom. The first-order chi connectivity index (χ1) is 9.78. The van der Waals surface area contributed by atoms with E-state index in [2.05, 4.69) is 0 Å². The third-order valence-corrected chi connectivity index (χ3v) is 6.61. The third-order valence-electron chi connectivity index (χ3n) is 4.29. The van der Waals surface area contributed by atoms with E-state index in [1.54, 1.807) is 13.1 Å². The molecule has 1 aliphatic heterocycles. The molecular formula is C15H22ClNO3S. The lowest BCUT2D eigenvalue weighted by Gasteiger charge is -2.27. The van der Waals surface area contributed by atoms with Crippen LogP contribution in [0.15, 0.2) is 17.0 Å². The maximum atomic E-state index is 12.9. The van der Waals surface area contributed by atoms with Crippen LogP contribution < -0.4 is 0 Å². The van der Waals surface area contributed by atoms with E-state index in [4.69, 9.17) is 16.3 Å². The van der Waals surface area contributed by atoms with Crippen LogP contribution in [-0.4, -0.2) is 38.5 Å². The van der Waals surface area contributed by atoms with Gasteiger partial charge in [0.25, 0.3) is 0 Å². The first kappa shape index (κ1) is 16.7. The highest BCUT2D eigenvalue weighted by Crippen LogP contribution is 2.28. The van der Waals surface area contributed by atoms with Crippen LogP contribution in [0.25, 0.3) is 0 Å². The minimum absolute atomic E-state index is 0.0811. The van der Waals surface area contributed by atoms with Gasteiger partial charge in [-0.05, 0) is 49.9 Å². The van der Waals surface area contributed by atoms with E-state index in [-0.39, 0.29) is 12.1 Å². The third kappa shape index (κ3) is 3.11. The Kier molecular flexibility index (Phi) is 4.98. The SMILES string of the molecule is Cc1cc(CCl)cc(S(=O)(=O)N(C)C2CCOC2C)c1C. The maximum absolute atomic E-state index is 12.9. The molecule has 1 saturated heterocycles. The lowest BCUT2D eigenvalue weighted by Crippen LogP contribution is -2.41. The van der Waals surface area contributed by atoms with E-state index in [9.17, 15) is 8.42 Å². The molecule has 2 unspecified atom stereocenters. The summed E-state index contributed by atoms with van der Waals surface area (Å²) < 4.78 is 32.8. The number of likely N-dealkylation sites (N-methyl/N-ethyl adjacent to an activating group) is 1. The van der Waals surface area contributed by atoms with Crippen LogP contribution in [0.5, 0.6) is 0 Å². The van der Waals surface area contributed by atoms with E-state index in [0.717, 1.165) is 23.1 Å². The normalized spacial score (nSPS) is 23.0. The molecule has 6 heteroatoms. The smallest absolute Gasteiger partial charge is 0.243 e. The van der Waals surface area contributed by atoms with Gasteiger partial charge in [-0.3, -0.25) is 0 Å². The van der Waals surface area contributed by atoms with Gasteiger partial charge in [-0.2, -0.15) is 4.31 Å². The van der Waals surface area contributed by atoms with Gasteiger partial charge in [-0.15, -0.1) is 11.6 Å². The Hall–Kier alpha value is -0.620. The Bertz CT molecular complexity index is 630. The Balaban J connectivity index is 2.46. The predicted molar refractivity (Wildman–Crippen MR) is 84.2 cm³/mol. The fourth-order valence-electron chi connectivity index (χ4n) is 2.78. The van der Waals surface area contributed by atoms with Gasteiger partial charge in [0.05, 0.1) is 17.0 Å². The summed E-state index contributed by atoms with van der Waals surface area (Å²) in [5, 5.41) is 0.